The molecule has 0 heterocycles. The fourth-order valence-corrected chi connectivity index (χ4v) is 7.82. The zero-order valence-electron chi connectivity index (χ0n) is 26.5. The molecule has 2 amide bonds. The first-order valence-electron chi connectivity index (χ1n) is 15.8. The molecule has 1 saturated carbocycles. The Balaban J connectivity index is 1.59. The molecular formula is C37H39Cl2N3O4S. The molecule has 5 rings (SSSR count). The number of amides is 2. The summed E-state index contributed by atoms with van der Waals surface area (Å²) in [6.07, 6.45) is 4.06. The summed E-state index contributed by atoms with van der Waals surface area (Å²) in [4.78, 5) is 30.3. The zero-order chi connectivity index (χ0) is 33.6. The lowest BCUT2D eigenvalue weighted by Crippen LogP contribution is -2.54. The molecule has 0 spiro atoms. The van der Waals surface area contributed by atoms with Gasteiger partial charge in [-0.25, -0.2) is 8.42 Å². The minimum absolute atomic E-state index is 0.0245. The van der Waals surface area contributed by atoms with Crippen molar-refractivity contribution < 1.29 is 18.0 Å². The molecule has 246 valence electrons. The van der Waals surface area contributed by atoms with Crippen LogP contribution in [0.5, 0.6) is 0 Å². The predicted octanol–water partition coefficient (Wildman–Crippen LogP) is 7.50. The smallest absolute Gasteiger partial charge is 0.264 e. The Bertz CT molecular complexity index is 1810. The van der Waals surface area contributed by atoms with Crippen molar-refractivity contribution in [2.75, 3.05) is 10.8 Å². The Kier molecular flexibility index (Phi) is 11.3. The van der Waals surface area contributed by atoms with E-state index in [2.05, 4.69) is 5.32 Å². The van der Waals surface area contributed by atoms with E-state index in [4.69, 9.17) is 23.2 Å². The molecular weight excluding hydrogens is 653 g/mol. The van der Waals surface area contributed by atoms with E-state index in [1.165, 1.54) is 17.0 Å². The highest BCUT2D eigenvalue weighted by Gasteiger charge is 2.36. The maximum Gasteiger partial charge on any atom is 0.264 e. The topological polar surface area (TPSA) is 86.8 Å². The molecule has 0 radical (unpaired) electrons. The predicted molar refractivity (Wildman–Crippen MR) is 188 cm³/mol. The van der Waals surface area contributed by atoms with Crippen LogP contribution in [0.25, 0.3) is 0 Å². The van der Waals surface area contributed by atoms with Gasteiger partial charge in [0.2, 0.25) is 11.8 Å². The Labute approximate surface area is 287 Å². The fourth-order valence-electron chi connectivity index (χ4n) is 5.97. The van der Waals surface area contributed by atoms with E-state index in [-0.39, 0.29) is 35.5 Å². The molecule has 7 nitrogen and oxygen atoms in total. The van der Waals surface area contributed by atoms with Crippen molar-refractivity contribution in [2.45, 2.75) is 69.5 Å². The highest BCUT2D eigenvalue weighted by molar-refractivity contribution is 7.92. The highest BCUT2D eigenvalue weighted by atomic mass is 35.5. The molecule has 1 aliphatic rings. The SMILES string of the molecule is Cc1ccc(S(=O)(=O)N(CC(=O)N(Cc2cccc(Cl)c2)[C@H](Cc2ccccc2)C(=O)NC2CCCC2)c2cccc(Cl)c2C)cc1. The third-order valence-corrected chi connectivity index (χ3v) is 11.0. The minimum Gasteiger partial charge on any atom is -0.352 e. The van der Waals surface area contributed by atoms with E-state index >= 15 is 0 Å². The molecule has 10 heteroatoms. The highest BCUT2D eigenvalue weighted by Crippen LogP contribution is 2.32. The molecule has 1 N–H and O–H groups in total. The second kappa shape index (κ2) is 15.4. The van der Waals surface area contributed by atoms with Crippen LogP contribution >= 0.6 is 23.2 Å². The largest absolute Gasteiger partial charge is 0.352 e. The summed E-state index contributed by atoms with van der Waals surface area (Å²) >= 11 is 12.8. The van der Waals surface area contributed by atoms with Gasteiger partial charge in [0.25, 0.3) is 10.0 Å². The molecule has 1 aliphatic carbocycles. The number of nitrogens with zero attached hydrogens (tertiary/aromatic N) is 2. The number of halogens is 2. The van der Waals surface area contributed by atoms with Gasteiger partial charge in [-0.1, -0.05) is 102 Å². The van der Waals surface area contributed by atoms with E-state index in [0.29, 0.717) is 21.2 Å². The van der Waals surface area contributed by atoms with Gasteiger partial charge >= 0.3 is 0 Å². The number of hydrogen-bond donors (Lipinski definition) is 1. The van der Waals surface area contributed by atoms with Gasteiger partial charge in [-0.05, 0) is 79.8 Å². The van der Waals surface area contributed by atoms with Gasteiger partial charge in [0, 0.05) is 29.1 Å². The summed E-state index contributed by atoms with van der Waals surface area (Å²) in [7, 11) is -4.24. The summed E-state index contributed by atoms with van der Waals surface area (Å²) in [6, 6.07) is 27.2. The van der Waals surface area contributed by atoms with Gasteiger partial charge < -0.3 is 10.2 Å². The number of benzene rings is 4. The second-order valence-electron chi connectivity index (χ2n) is 12.1. The molecule has 1 fully saturated rings. The number of carbonyl (C=O) groups excluding carboxylic acids is 2. The number of hydrogen-bond acceptors (Lipinski definition) is 4. The average molecular weight is 693 g/mol. The van der Waals surface area contributed by atoms with Gasteiger partial charge in [0.1, 0.15) is 12.6 Å². The van der Waals surface area contributed by atoms with E-state index in [9.17, 15) is 18.0 Å². The number of aryl methyl sites for hydroxylation is 1. The van der Waals surface area contributed by atoms with E-state index in [0.717, 1.165) is 41.1 Å². The summed E-state index contributed by atoms with van der Waals surface area (Å²) in [5.41, 5.74) is 3.28. The molecule has 1 atom stereocenters. The molecule has 0 aromatic heterocycles. The molecule has 0 saturated heterocycles. The minimum atomic E-state index is -4.24. The van der Waals surface area contributed by atoms with Crippen LogP contribution in [-0.2, 0) is 32.6 Å². The van der Waals surface area contributed by atoms with Crippen molar-refractivity contribution in [3.63, 3.8) is 0 Å². The molecule has 0 aliphatic heterocycles. The number of carbonyl (C=O) groups is 2. The molecule has 4 aromatic carbocycles. The maximum absolute atomic E-state index is 14.7. The second-order valence-corrected chi connectivity index (χ2v) is 14.8. The summed E-state index contributed by atoms with van der Waals surface area (Å²) in [6.45, 7) is 3.08. The van der Waals surface area contributed by atoms with E-state index in [1.807, 2.05) is 43.3 Å². The van der Waals surface area contributed by atoms with Gasteiger partial charge in [-0.3, -0.25) is 13.9 Å². The summed E-state index contributed by atoms with van der Waals surface area (Å²) < 4.78 is 29.7. The number of sulfonamides is 1. The van der Waals surface area contributed by atoms with Crippen LogP contribution in [0.2, 0.25) is 10.0 Å². The zero-order valence-corrected chi connectivity index (χ0v) is 28.9. The van der Waals surface area contributed by atoms with Crippen LogP contribution in [-0.4, -0.2) is 43.8 Å². The first-order valence-corrected chi connectivity index (χ1v) is 18.0. The average Bonchev–Trinajstić information content (AvgIpc) is 3.56. The van der Waals surface area contributed by atoms with E-state index < -0.39 is 28.5 Å². The van der Waals surface area contributed by atoms with Crippen molar-refractivity contribution in [3.8, 4) is 0 Å². The standard InChI is InChI=1S/C37H39Cl2N3O4S/c1-26-18-20-32(21-19-26)47(45,46)42(34-17-9-16-33(39)27(34)2)25-36(43)41(24-29-12-8-13-30(38)22-29)35(23-28-10-4-3-5-11-28)37(44)40-31-14-6-7-15-31/h3-5,8-13,16-22,31,35H,6-7,14-15,23-25H2,1-2H3,(H,40,44)/t35-/m1/s1. The van der Waals surface area contributed by atoms with Crippen molar-refractivity contribution >= 4 is 50.7 Å². The maximum atomic E-state index is 14.7. The van der Waals surface area contributed by atoms with Crippen LogP contribution in [0.4, 0.5) is 5.69 Å². The Morgan fingerprint density at radius 2 is 1.51 bits per heavy atom. The van der Waals surface area contributed by atoms with Crippen molar-refractivity contribution in [3.05, 3.63) is 129 Å². The Morgan fingerprint density at radius 1 is 0.851 bits per heavy atom. The third-order valence-electron chi connectivity index (χ3n) is 8.61. The van der Waals surface area contributed by atoms with Crippen LogP contribution in [0.15, 0.2) is 102 Å². The number of anilines is 1. The Hall–Kier alpha value is -3.85. The molecule has 0 unspecified atom stereocenters. The normalized spacial score (nSPS) is 14.0. The van der Waals surface area contributed by atoms with Gasteiger partial charge in [-0.2, -0.15) is 0 Å². The van der Waals surface area contributed by atoms with Crippen LogP contribution in [0, 0.1) is 13.8 Å². The van der Waals surface area contributed by atoms with Crippen LogP contribution < -0.4 is 9.62 Å². The monoisotopic (exact) mass is 691 g/mol. The lowest BCUT2D eigenvalue weighted by Gasteiger charge is -2.34. The van der Waals surface area contributed by atoms with Crippen molar-refractivity contribution in [1.29, 1.82) is 0 Å². The number of rotatable bonds is 12. The summed E-state index contributed by atoms with van der Waals surface area (Å²) in [5, 5.41) is 4.04. The van der Waals surface area contributed by atoms with Crippen molar-refractivity contribution in [1.82, 2.24) is 10.2 Å². The van der Waals surface area contributed by atoms with E-state index in [1.54, 1.807) is 55.5 Å². The van der Waals surface area contributed by atoms with Crippen LogP contribution in [0.3, 0.4) is 0 Å². The lowest BCUT2D eigenvalue weighted by atomic mass is 10.0. The Morgan fingerprint density at radius 3 is 2.19 bits per heavy atom. The number of nitrogens with one attached hydrogen (secondary N) is 1. The van der Waals surface area contributed by atoms with Crippen LogP contribution in [0.1, 0.15) is 47.9 Å². The van der Waals surface area contributed by atoms with Gasteiger partial charge in [-0.15, -0.1) is 0 Å². The quantitative estimate of drug-likeness (QED) is 0.167. The van der Waals surface area contributed by atoms with Crippen molar-refractivity contribution in [2.24, 2.45) is 0 Å². The fraction of sp³-hybridized carbons (Fsp3) is 0.297. The summed E-state index contributed by atoms with van der Waals surface area (Å²) in [5.74, 6) is -0.814. The lowest BCUT2D eigenvalue weighted by molar-refractivity contribution is -0.140. The molecule has 0 bridgehead atoms. The van der Waals surface area contributed by atoms with Gasteiger partial charge in [0.15, 0.2) is 0 Å². The first kappa shape index (κ1) is 34.5. The molecule has 4 aromatic rings. The first-order chi connectivity index (χ1) is 22.5. The van der Waals surface area contributed by atoms with Gasteiger partial charge in [0.05, 0.1) is 10.6 Å². The third kappa shape index (κ3) is 8.55. The molecule has 47 heavy (non-hydrogen) atoms.